The quantitative estimate of drug-likeness (QED) is 0.942. The number of anilines is 1. The molecule has 0 aliphatic heterocycles. The van der Waals surface area contributed by atoms with E-state index in [9.17, 15) is 8.42 Å². The average molecular weight is 283 g/mol. The van der Waals surface area contributed by atoms with Gasteiger partial charge in [0.15, 0.2) is 0 Å². The summed E-state index contributed by atoms with van der Waals surface area (Å²) >= 11 is 5.94. The fourth-order valence-corrected chi connectivity index (χ4v) is 2.57. The molecule has 0 saturated heterocycles. The molecule has 0 saturated carbocycles. The average Bonchev–Trinajstić information content (AvgIpc) is 2.35. The van der Waals surface area contributed by atoms with Crippen molar-refractivity contribution in [2.75, 3.05) is 4.72 Å². The molecule has 18 heavy (non-hydrogen) atoms. The number of aryl methyl sites for hydroxylation is 1. The molecular formula is C12H11ClN2O2S. The lowest BCUT2D eigenvalue weighted by molar-refractivity contribution is 0.601. The first-order valence-electron chi connectivity index (χ1n) is 5.18. The lowest BCUT2D eigenvalue weighted by atomic mass is 10.2. The molecule has 1 N–H and O–H groups in total. The van der Waals surface area contributed by atoms with E-state index in [2.05, 4.69) is 9.71 Å². The molecular weight excluding hydrogens is 272 g/mol. The predicted molar refractivity (Wildman–Crippen MR) is 71.2 cm³/mol. The molecule has 2 aromatic rings. The monoisotopic (exact) mass is 282 g/mol. The van der Waals surface area contributed by atoms with E-state index in [0.29, 0.717) is 10.7 Å². The van der Waals surface area contributed by atoms with E-state index in [4.69, 9.17) is 11.6 Å². The molecule has 0 atom stereocenters. The number of nitrogens with zero attached hydrogens (tertiary/aromatic N) is 1. The van der Waals surface area contributed by atoms with Gasteiger partial charge in [0.05, 0.1) is 5.69 Å². The molecule has 94 valence electrons. The zero-order valence-corrected chi connectivity index (χ0v) is 11.2. The number of benzene rings is 1. The number of halogens is 1. The van der Waals surface area contributed by atoms with E-state index in [1.165, 1.54) is 18.5 Å². The number of rotatable bonds is 3. The Labute approximate surface area is 111 Å². The number of pyridine rings is 1. The van der Waals surface area contributed by atoms with Gasteiger partial charge in [-0.1, -0.05) is 17.7 Å². The normalized spacial score (nSPS) is 11.2. The van der Waals surface area contributed by atoms with E-state index in [0.717, 1.165) is 5.56 Å². The van der Waals surface area contributed by atoms with Gasteiger partial charge < -0.3 is 0 Å². The Morgan fingerprint density at radius 2 is 2.06 bits per heavy atom. The SMILES string of the molecule is Cc1ccc(NS(=O)(=O)c2cccnc2)cc1Cl. The molecule has 0 aliphatic carbocycles. The number of aromatic nitrogens is 1. The molecule has 0 fully saturated rings. The van der Waals surface area contributed by atoms with Crippen molar-refractivity contribution in [3.8, 4) is 0 Å². The maximum absolute atomic E-state index is 12.0. The summed E-state index contributed by atoms with van der Waals surface area (Å²) in [5.74, 6) is 0. The van der Waals surface area contributed by atoms with E-state index in [1.54, 1.807) is 24.3 Å². The van der Waals surface area contributed by atoms with Crippen LogP contribution in [-0.2, 0) is 10.0 Å². The largest absolute Gasteiger partial charge is 0.280 e. The van der Waals surface area contributed by atoms with Crippen LogP contribution in [0.25, 0.3) is 0 Å². The summed E-state index contributed by atoms with van der Waals surface area (Å²) in [6, 6.07) is 8.03. The highest BCUT2D eigenvalue weighted by Gasteiger charge is 2.14. The summed E-state index contributed by atoms with van der Waals surface area (Å²) in [5, 5.41) is 0.515. The summed E-state index contributed by atoms with van der Waals surface area (Å²) in [4.78, 5) is 3.89. The van der Waals surface area contributed by atoms with Gasteiger partial charge >= 0.3 is 0 Å². The summed E-state index contributed by atoms with van der Waals surface area (Å²) in [5.41, 5.74) is 1.32. The predicted octanol–water partition coefficient (Wildman–Crippen LogP) is 2.84. The molecule has 1 aromatic heterocycles. The van der Waals surface area contributed by atoms with Crippen LogP contribution in [-0.4, -0.2) is 13.4 Å². The Hall–Kier alpha value is -1.59. The lowest BCUT2D eigenvalue weighted by Crippen LogP contribution is -2.13. The van der Waals surface area contributed by atoms with Crippen molar-refractivity contribution in [2.45, 2.75) is 11.8 Å². The van der Waals surface area contributed by atoms with Crippen LogP contribution in [0.3, 0.4) is 0 Å². The minimum Gasteiger partial charge on any atom is -0.280 e. The third-order valence-corrected chi connectivity index (χ3v) is 4.14. The first-order chi connectivity index (χ1) is 8.49. The van der Waals surface area contributed by atoms with Crippen LogP contribution in [0.1, 0.15) is 5.56 Å². The summed E-state index contributed by atoms with van der Waals surface area (Å²) in [6.07, 6.45) is 2.81. The second kappa shape index (κ2) is 4.96. The third kappa shape index (κ3) is 2.80. The second-order valence-electron chi connectivity index (χ2n) is 3.76. The van der Waals surface area contributed by atoms with Gasteiger partial charge in [-0.25, -0.2) is 8.42 Å². The molecule has 0 radical (unpaired) electrons. The number of nitrogens with one attached hydrogen (secondary N) is 1. The second-order valence-corrected chi connectivity index (χ2v) is 5.85. The zero-order chi connectivity index (χ0) is 13.2. The first-order valence-corrected chi connectivity index (χ1v) is 7.04. The number of hydrogen-bond donors (Lipinski definition) is 1. The highest BCUT2D eigenvalue weighted by molar-refractivity contribution is 7.92. The smallest absolute Gasteiger partial charge is 0.263 e. The van der Waals surface area contributed by atoms with E-state index in [1.807, 2.05) is 6.92 Å². The Morgan fingerprint density at radius 3 is 2.67 bits per heavy atom. The molecule has 0 spiro atoms. The molecule has 0 amide bonds. The molecule has 0 bridgehead atoms. The van der Waals surface area contributed by atoms with Crippen molar-refractivity contribution in [1.82, 2.24) is 4.98 Å². The highest BCUT2D eigenvalue weighted by atomic mass is 35.5. The number of sulfonamides is 1. The standard InChI is InChI=1S/C12H11ClN2O2S/c1-9-4-5-10(7-12(9)13)15-18(16,17)11-3-2-6-14-8-11/h2-8,15H,1H3. The highest BCUT2D eigenvalue weighted by Crippen LogP contribution is 2.22. The first kappa shape index (κ1) is 12.9. The van der Waals surface area contributed by atoms with Crippen LogP contribution in [0.2, 0.25) is 5.02 Å². The third-order valence-electron chi connectivity index (χ3n) is 2.37. The molecule has 2 rings (SSSR count). The van der Waals surface area contributed by atoms with Crippen LogP contribution < -0.4 is 4.72 Å². The molecule has 0 aliphatic rings. The van der Waals surface area contributed by atoms with E-state index < -0.39 is 10.0 Å². The Kier molecular flexibility index (Phi) is 3.54. The summed E-state index contributed by atoms with van der Waals surface area (Å²) < 4.78 is 26.5. The van der Waals surface area contributed by atoms with Crippen LogP contribution in [0, 0.1) is 6.92 Å². The fourth-order valence-electron chi connectivity index (χ4n) is 1.38. The molecule has 6 heteroatoms. The Bertz CT molecular complexity index is 657. The van der Waals surface area contributed by atoms with Crippen molar-refractivity contribution in [1.29, 1.82) is 0 Å². The van der Waals surface area contributed by atoms with Crippen molar-refractivity contribution in [3.05, 3.63) is 53.3 Å². The molecule has 0 unspecified atom stereocenters. The van der Waals surface area contributed by atoms with Crippen molar-refractivity contribution < 1.29 is 8.42 Å². The van der Waals surface area contributed by atoms with Crippen LogP contribution in [0.5, 0.6) is 0 Å². The van der Waals surface area contributed by atoms with E-state index in [-0.39, 0.29) is 4.90 Å². The van der Waals surface area contributed by atoms with Gasteiger partial charge in [0.25, 0.3) is 10.0 Å². The summed E-state index contributed by atoms with van der Waals surface area (Å²) in [6.45, 7) is 1.85. The molecule has 1 aromatic carbocycles. The minimum atomic E-state index is -3.61. The van der Waals surface area contributed by atoms with Gasteiger partial charge in [0.1, 0.15) is 4.90 Å². The topological polar surface area (TPSA) is 59.1 Å². The maximum atomic E-state index is 12.0. The maximum Gasteiger partial charge on any atom is 0.263 e. The van der Waals surface area contributed by atoms with Crippen LogP contribution in [0.4, 0.5) is 5.69 Å². The van der Waals surface area contributed by atoms with Gasteiger partial charge in [-0.3, -0.25) is 9.71 Å². The van der Waals surface area contributed by atoms with Gasteiger partial charge in [0.2, 0.25) is 0 Å². The summed E-state index contributed by atoms with van der Waals surface area (Å²) in [7, 11) is -3.61. The zero-order valence-electron chi connectivity index (χ0n) is 9.59. The van der Waals surface area contributed by atoms with Crippen molar-refractivity contribution in [2.24, 2.45) is 0 Å². The minimum absolute atomic E-state index is 0.113. The van der Waals surface area contributed by atoms with Crippen LogP contribution in [0.15, 0.2) is 47.6 Å². The van der Waals surface area contributed by atoms with Gasteiger partial charge in [0, 0.05) is 17.4 Å². The van der Waals surface area contributed by atoms with Gasteiger partial charge in [-0.05, 0) is 36.8 Å². The molecule has 4 nitrogen and oxygen atoms in total. The van der Waals surface area contributed by atoms with Gasteiger partial charge in [-0.15, -0.1) is 0 Å². The Balaban J connectivity index is 2.31. The fraction of sp³-hybridized carbons (Fsp3) is 0.0833. The van der Waals surface area contributed by atoms with Crippen molar-refractivity contribution >= 4 is 27.3 Å². The van der Waals surface area contributed by atoms with Crippen molar-refractivity contribution in [3.63, 3.8) is 0 Å². The molecule has 1 heterocycles. The van der Waals surface area contributed by atoms with E-state index >= 15 is 0 Å². The van der Waals surface area contributed by atoms with Gasteiger partial charge in [-0.2, -0.15) is 0 Å². The lowest BCUT2D eigenvalue weighted by Gasteiger charge is -2.08. The van der Waals surface area contributed by atoms with Crippen LogP contribution >= 0.6 is 11.6 Å². The Morgan fingerprint density at radius 1 is 1.28 bits per heavy atom. The number of hydrogen-bond acceptors (Lipinski definition) is 3.